The van der Waals surface area contributed by atoms with Gasteiger partial charge in [0.1, 0.15) is 11.6 Å². The summed E-state index contributed by atoms with van der Waals surface area (Å²) in [5, 5.41) is 4.07. The highest BCUT2D eigenvalue weighted by Gasteiger charge is 2.20. The summed E-state index contributed by atoms with van der Waals surface area (Å²) in [6.07, 6.45) is 3.82. The van der Waals surface area contributed by atoms with Gasteiger partial charge in [0.25, 0.3) is 5.89 Å². The van der Waals surface area contributed by atoms with E-state index in [4.69, 9.17) is 14.0 Å². The summed E-state index contributed by atoms with van der Waals surface area (Å²) >= 11 is 0. The van der Waals surface area contributed by atoms with Crippen molar-refractivity contribution in [2.24, 2.45) is 0 Å². The molecule has 1 aromatic carbocycles. The lowest BCUT2D eigenvalue weighted by molar-refractivity contribution is 0.0853. The Balaban J connectivity index is 1.49. The number of benzene rings is 1. The summed E-state index contributed by atoms with van der Waals surface area (Å²) in [7, 11) is 3.71. The van der Waals surface area contributed by atoms with Gasteiger partial charge in [0.05, 0.1) is 12.7 Å². The molecule has 0 amide bonds. The van der Waals surface area contributed by atoms with Crippen LogP contribution in [0.5, 0.6) is 5.75 Å². The highest BCUT2D eigenvalue weighted by Crippen LogP contribution is 2.25. The second-order valence-corrected chi connectivity index (χ2v) is 6.51. The fourth-order valence-electron chi connectivity index (χ4n) is 3.18. The molecule has 7 nitrogen and oxygen atoms in total. The van der Waals surface area contributed by atoms with Gasteiger partial charge in [-0.1, -0.05) is 5.16 Å². The van der Waals surface area contributed by atoms with Crippen molar-refractivity contribution in [2.45, 2.75) is 18.9 Å². The zero-order valence-corrected chi connectivity index (χ0v) is 15.5. The van der Waals surface area contributed by atoms with Crippen LogP contribution in [0.1, 0.15) is 12.8 Å². The molecule has 7 heteroatoms. The van der Waals surface area contributed by atoms with Crippen LogP contribution >= 0.6 is 0 Å². The molecule has 4 rings (SSSR count). The molecule has 0 aliphatic carbocycles. The van der Waals surface area contributed by atoms with Crippen LogP contribution in [0.4, 0.5) is 5.82 Å². The van der Waals surface area contributed by atoms with Crippen molar-refractivity contribution in [3.8, 4) is 28.6 Å². The SMILES string of the molecule is COc1ccc(-c2noc(-c3ccc(N(C)C4CCOCC4)nc3)n2)cc1. The molecule has 1 aliphatic heterocycles. The molecule has 0 N–H and O–H groups in total. The molecule has 0 unspecified atom stereocenters. The molecular weight excluding hydrogens is 344 g/mol. The minimum Gasteiger partial charge on any atom is -0.497 e. The van der Waals surface area contributed by atoms with Crippen molar-refractivity contribution in [3.05, 3.63) is 42.6 Å². The number of rotatable bonds is 5. The van der Waals surface area contributed by atoms with Crippen LogP contribution in [-0.4, -0.2) is 48.5 Å². The van der Waals surface area contributed by atoms with Crippen molar-refractivity contribution in [1.82, 2.24) is 15.1 Å². The van der Waals surface area contributed by atoms with E-state index in [1.54, 1.807) is 13.3 Å². The summed E-state index contributed by atoms with van der Waals surface area (Å²) in [5.41, 5.74) is 1.67. The van der Waals surface area contributed by atoms with Gasteiger partial charge in [0, 0.05) is 38.1 Å². The summed E-state index contributed by atoms with van der Waals surface area (Å²) in [6, 6.07) is 11.9. The number of ether oxygens (including phenoxy) is 2. The molecule has 0 radical (unpaired) electrons. The lowest BCUT2D eigenvalue weighted by Crippen LogP contribution is -2.37. The van der Waals surface area contributed by atoms with Crippen molar-refractivity contribution < 1.29 is 14.0 Å². The highest BCUT2D eigenvalue weighted by molar-refractivity contribution is 5.61. The van der Waals surface area contributed by atoms with E-state index in [0.29, 0.717) is 17.8 Å². The zero-order chi connectivity index (χ0) is 18.6. The van der Waals surface area contributed by atoms with Gasteiger partial charge in [-0.3, -0.25) is 0 Å². The first-order valence-electron chi connectivity index (χ1n) is 9.00. The molecule has 1 saturated heterocycles. The maximum atomic E-state index is 5.43. The monoisotopic (exact) mass is 366 g/mol. The van der Waals surface area contributed by atoms with Crippen molar-refractivity contribution >= 4 is 5.82 Å². The van der Waals surface area contributed by atoms with Gasteiger partial charge in [-0.25, -0.2) is 4.98 Å². The van der Waals surface area contributed by atoms with Crippen LogP contribution in [0.3, 0.4) is 0 Å². The maximum absolute atomic E-state index is 5.43. The van der Waals surface area contributed by atoms with Gasteiger partial charge in [-0.15, -0.1) is 0 Å². The van der Waals surface area contributed by atoms with Gasteiger partial charge >= 0.3 is 0 Å². The fourth-order valence-corrected chi connectivity index (χ4v) is 3.18. The Bertz CT molecular complexity index is 871. The normalized spacial score (nSPS) is 14.9. The minimum atomic E-state index is 0.452. The standard InChI is InChI=1S/C20H22N4O3/c1-24(16-9-11-26-12-10-16)18-8-5-15(13-21-18)20-22-19(23-27-20)14-3-6-17(25-2)7-4-14/h3-8,13,16H,9-12H2,1-2H3. The number of methoxy groups -OCH3 is 1. The van der Waals surface area contributed by atoms with Crippen LogP contribution in [-0.2, 0) is 4.74 Å². The highest BCUT2D eigenvalue weighted by atomic mass is 16.5. The third-order valence-corrected chi connectivity index (χ3v) is 4.87. The molecule has 2 aromatic heterocycles. The van der Waals surface area contributed by atoms with Crippen molar-refractivity contribution in [2.75, 3.05) is 32.3 Å². The predicted octanol–water partition coefficient (Wildman–Crippen LogP) is 3.42. The van der Waals surface area contributed by atoms with E-state index < -0.39 is 0 Å². The Labute approximate surface area is 157 Å². The Morgan fingerprint density at radius 2 is 1.78 bits per heavy atom. The number of anilines is 1. The average Bonchev–Trinajstić information content (AvgIpc) is 3.24. The largest absolute Gasteiger partial charge is 0.497 e. The van der Waals surface area contributed by atoms with Gasteiger partial charge < -0.3 is 18.9 Å². The van der Waals surface area contributed by atoms with Crippen LogP contribution in [0.25, 0.3) is 22.8 Å². The Morgan fingerprint density at radius 1 is 1.04 bits per heavy atom. The smallest absolute Gasteiger partial charge is 0.259 e. The molecule has 0 saturated carbocycles. The molecule has 1 fully saturated rings. The van der Waals surface area contributed by atoms with Gasteiger partial charge in [0.2, 0.25) is 5.82 Å². The predicted molar refractivity (Wildman–Crippen MR) is 102 cm³/mol. The van der Waals surface area contributed by atoms with Crippen LogP contribution in [0, 0.1) is 0 Å². The van der Waals surface area contributed by atoms with E-state index in [-0.39, 0.29) is 0 Å². The number of hydrogen-bond acceptors (Lipinski definition) is 7. The topological polar surface area (TPSA) is 73.5 Å². The van der Waals surface area contributed by atoms with E-state index >= 15 is 0 Å². The Hall–Kier alpha value is -2.93. The quantitative estimate of drug-likeness (QED) is 0.685. The third kappa shape index (κ3) is 3.78. The van der Waals surface area contributed by atoms with Gasteiger partial charge in [-0.2, -0.15) is 4.98 Å². The molecule has 1 aliphatic rings. The summed E-state index contributed by atoms with van der Waals surface area (Å²) in [5.74, 6) is 2.71. The van der Waals surface area contributed by atoms with E-state index in [1.165, 1.54) is 0 Å². The third-order valence-electron chi connectivity index (χ3n) is 4.87. The van der Waals surface area contributed by atoms with Crippen molar-refractivity contribution in [1.29, 1.82) is 0 Å². The molecule has 140 valence electrons. The number of hydrogen-bond donors (Lipinski definition) is 0. The molecule has 0 bridgehead atoms. The van der Waals surface area contributed by atoms with Gasteiger partial charge in [0.15, 0.2) is 0 Å². The van der Waals surface area contributed by atoms with Crippen LogP contribution in [0.2, 0.25) is 0 Å². The van der Waals surface area contributed by atoms with Crippen LogP contribution in [0.15, 0.2) is 47.1 Å². The molecular formula is C20H22N4O3. The molecule has 0 spiro atoms. The van der Waals surface area contributed by atoms with E-state index in [9.17, 15) is 0 Å². The second-order valence-electron chi connectivity index (χ2n) is 6.51. The maximum Gasteiger partial charge on any atom is 0.259 e. The average molecular weight is 366 g/mol. The first-order chi connectivity index (χ1) is 13.2. The van der Waals surface area contributed by atoms with Crippen LogP contribution < -0.4 is 9.64 Å². The zero-order valence-electron chi connectivity index (χ0n) is 15.5. The number of aromatic nitrogens is 3. The molecule has 3 heterocycles. The summed E-state index contributed by atoms with van der Waals surface area (Å²) < 4.78 is 16.0. The van der Waals surface area contributed by atoms with E-state index in [2.05, 4.69) is 27.1 Å². The molecule has 27 heavy (non-hydrogen) atoms. The molecule has 0 atom stereocenters. The second kappa shape index (κ2) is 7.75. The molecule has 3 aromatic rings. The number of nitrogens with zero attached hydrogens (tertiary/aromatic N) is 4. The first kappa shape index (κ1) is 17.5. The Kier molecular flexibility index (Phi) is 5.02. The fraction of sp³-hybridized carbons (Fsp3) is 0.350. The first-order valence-corrected chi connectivity index (χ1v) is 9.00. The lowest BCUT2D eigenvalue weighted by Gasteiger charge is -2.32. The summed E-state index contributed by atoms with van der Waals surface area (Å²) in [6.45, 7) is 1.62. The number of pyridine rings is 1. The van der Waals surface area contributed by atoms with E-state index in [1.807, 2.05) is 36.4 Å². The van der Waals surface area contributed by atoms with E-state index in [0.717, 1.165) is 48.7 Å². The van der Waals surface area contributed by atoms with Crippen molar-refractivity contribution in [3.63, 3.8) is 0 Å². The lowest BCUT2D eigenvalue weighted by atomic mass is 10.1. The summed E-state index contributed by atoms with van der Waals surface area (Å²) in [4.78, 5) is 11.3. The van der Waals surface area contributed by atoms with Gasteiger partial charge in [-0.05, 0) is 49.2 Å². The minimum absolute atomic E-state index is 0.452. The Morgan fingerprint density at radius 3 is 2.44 bits per heavy atom.